The molecule has 0 bridgehead atoms. The molecule has 2 saturated heterocycles. The van der Waals surface area contributed by atoms with Crippen LogP contribution < -0.4 is 14.8 Å². The van der Waals surface area contributed by atoms with E-state index >= 15 is 0 Å². The van der Waals surface area contributed by atoms with Gasteiger partial charge in [0, 0.05) is 13.1 Å². The SMILES string of the molecule is Cl.O=C(c1cccc2c1OCCO2)N1CC[C@@H]2CNC[C@@H]2CC1. The number of nitrogens with zero attached hydrogens (tertiary/aromatic N) is 1. The lowest BCUT2D eigenvalue weighted by Gasteiger charge is -2.25. The highest BCUT2D eigenvalue weighted by Gasteiger charge is 2.32. The molecule has 3 aliphatic rings. The molecule has 6 heteroatoms. The number of nitrogens with one attached hydrogen (secondary N) is 1. The van der Waals surface area contributed by atoms with Gasteiger partial charge in [-0.3, -0.25) is 4.79 Å². The zero-order chi connectivity index (χ0) is 14.9. The van der Waals surface area contributed by atoms with Crippen molar-refractivity contribution in [2.24, 2.45) is 11.8 Å². The lowest BCUT2D eigenvalue weighted by molar-refractivity contribution is 0.0748. The summed E-state index contributed by atoms with van der Waals surface area (Å²) in [6.45, 7) is 4.94. The van der Waals surface area contributed by atoms with Crippen molar-refractivity contribution in [2.45, 2.75) is 12.8 Å². The van der Waals surface area contributed by atoms with E-state index in [0.717, 1.165) is 50.9 Å². The van der Waals surface area contributed by atoms with Gasteiger partial charge in [-0.05, 0) is 49.9 Å². The number of likely N-dealkylation sites (tertiary alicyclic amines) is 1. The molecule has 1 N–H and O–H groups in total. The molecule has 3 heterocycles. The molecule has 0 saturated carbocycles. The minimum atomic E-state index is 0. The Balaban J connectivity index is 0.00000156. The van der Waals surface area contributed by atoms with Crippen molar-refractivity contribution in [3.63, 3.8) is 0 Å². The minimum absolute atomic E-state index is 0. The Labute approximate surface area is 142 Å². The summed E-state index contributed by atoms with van der Waals surface area (Å²) in [6.07, 6.45) is 2.19. The average molecular weight is 339 g/mol. The van der Waals surface area contributed by atoms with E-state index in [-0.39, 0.29) is 18.3 Å². The van der Waals surface area contributed by atoms with E-state index in [4.69, 9.17) is 9.47 Å². The zero-order valence-electron chi connectivity index (χ0n) is 13.1. The maximum atomic E-state index is 12.9. The topological polar surface area (TPSA) is 50.8 Å². The summed E-state index contributed by atoms with van der Waals surface area (Å²) >= 11 is 0. The number of ether oxygens (including phenoxy) is 2. The van der Waals surface area contributed by atoms with Crippen LogP contribution in [0.15, 0.2) is 18.2 Å². The number of fused-ring (bicyclic) bond motifs is 2. The Kier molecular flexibility index (Phi) is 4.97. The first-order chi connectivity index (χ1) is 10.8. The Bertz CT molecular complexity index is 567. The predicted octanol–water partition coefficient (Wildman–Crippen LogP) is 1.95. The molecule has 1 amide bonds. The van der Waals surface area contributed by atoms with Gasteiger partial charge in [-0.1, -0.05) is 6.07 Å². The summed E-state index contributed by atoms with van der Waals surface area (Å²) in [5.41, 5.74) is 0.641. The van der Waals surface area contributed by atoms with Gasteiger partial charge in [-0.2, -0.15) is 0 Å². The van der Waals surface area contributed by atoms with Crippen LogP contribution in [0.1, 0.15) is 23.2 Å². The van der Waals surface area contributed by atoms with Gasteiger partial charge in [0.05, 0.1) is 5.56 Å². The molecule has 4 rings (SSSR count). The van der Waals surface area contributed by atoms with E-state index in [1.54, 1.807) is 0 Å². The lowest BCUT2D eigenvalue weighted by Crippen LogP contribution is -2.33. The third-order valence-electron chi connectivity index (χ3n) is 5.10. The summed E-state index contributed by atoms with van der Waals surface area (Å²) in [7, 11) is 0. The number of hydrogen-bond acceptors (Lipinski definition) is 4. The van der Waals surface area contributed by atoms with Crippen LogP contribution in [-0.2, 0) is 0 Å². The van der Waals surface area contributed by atoms with Gasteiger partial charge in [-0.15, -0.1) is 12.4 Å². The van der Waals surface area contributed by atoms with E-state index in [9.17, 15) is 4.79 Å². The molecule has 5 nitrogen and oxygen atoms in total. The van der Waals surface area contributed by atoms with Gasteiger partial charge in [0.2, 0.25) is 0 Å². The number of amides is 1. The highest BCUT2D eigenvalue weighted by molar-refractivity contribution is 5.98. The second kappa shape index (κ2) is 6.97. The summed E-state index contributed by atoms with van der Waals surface area (Å²) < 4.78 is 11.3. The highest BCUT2D eigenvalue weighted by atomic mass is 35.5. The smallest absolute Gasteiger partial charge is 0.257 e. The van der Waals surface area contributed by atoms with Crippen LogP contribution in [-0.4, -0.2) is 50.2 Å². The second-order valence-corrected chi connectivity index (χ2v) is 6.38. The third kappa shape index (κ3) is 3.12. The molecule has 0 spiro atoms. The van der Waals surface area contributed by atoms with Crippen LogP contribution in [0.25, 0.3) is 0 Å². The Morgan fingerprint density at radius 2 is 1.78 bits per heavy atom. The van der Waals surface area contributed by atoms with Crippen molar-refractivity contribution in [2.75, 3.05) is 39.4 Å². The number of carbonyl (C=O) groups is 1. The molecule has 1 aromatic carbocycles. The molecule has 2 fully saturated rings. The molecule has 0 aromatic heterocycles. The van der Waals surface area contributed by atoms with Gasteiger partial charge in [-0.25, -0.2) is 0 Å². The first-order valence-electron chi connectivity index (χ1n) is 8.21. The molecule has 2 atom stereocenters. The van der Waals surface area contributed by atoms with Crippen molar-refractivity contribution in [1.29, 1.82) is 0 Å². The van der Waals surface area contributed by atoms with E-state index in [2.05, 4.69) is 5.32 Å². The lowest BCUT2D eigenvalue weighted by atomic mass is 9.92. The van der Waals surface area contributed by atoms with Crippen molar-refractivity contribution in [3.8, 4) is 11.5 Å². The first kappa shape index (κ1) is 16.4. The van der Waals surface area contributed by atoms with E-state index < -0.39 is 0 Å². The van der Waals surface area contributed by atoms with Gasteiger partial charge >= 0.3 is 0 Å². The summed E-state index contributed by atoms with van der Waals surface area (Å²) in [4.78, 5) is 14.9. The Morgan fingerprint density at radius 1 is 1.09 bits per heavy atom. The molecule has 1 aromatic rings. The van der Waals surface area contributed by atoms with Crippen LogP contribution in [0.4, 0.5) is 0 Å². The van der Waals surface area contributed by atoms with Crippen molar-refractivity contribution >= 4 is 18.3 Å². The number of carbonyl (C=O) groups excluding carboxylic acids is 1. The quantitative estimate of drug-likeness (QED) is 0.850. The summed E-state index contributed by atoms with van der Waals surface area (Å²) in [6, 6.07) is 5.59. The molecule has 0 radical (unpaired) electrons. The number of halogens is 1. The van der Waals surface area contributed by atoms with Crippen molar-refractivity contribution in [1.82, 2.24) is 10.2 Å². The Morgan fingerprint density at radius 3 is 2.52 bits per heavy atom. The van der Waals surface area contributed by atoms with Crippen LogP contribution in [0, 0.1) is 11.8 Å². The molecule has 0 aliphatic carbocycles. The average Bonchev–Trinajstić information content (AvgIpc) is 2.92. The number of rotatable bonds is 1. The zero-order valence-corrected chi connectivity index (χ0v) is 13.9. The maximum absolute atomic E-state index is 12.9. The molecule has 126 valence electrons. The first-order valence-corrected chi connectivity index (χ1v) is 8.21. The second-order valence-electron chi connectivity index (χ2n) is 6.38. The number of benzene rings is 1. The van der Waals surface area contributed by atoms with Crippen LogP contribution in [0.3, 0.4) is 0 Å². The van der Waals surface area contributed by atoms with Gasteiger partial charge in [0.1, 0.15) is 13.2 Å². The van der Waals surface area contributed by atoms with Crippen molar-refractivity contribution < 1.29 is 14.3 Å². The predicted molar refractivity (Wildman–Crippen MR) is 89.7 cm³/mol. The number of hydrogen-bond donors (Lipinski definition) is 1. The van der Waals surface area contributed by atoms with Crippen LogP contribution in [0.2, 0.25) is 0 Å². The fourth-order valence-electron chi connectivity index (χ4n) is 3.83. The highest BCUT2D eigenvalue weighted by Crippen LogP contribution is 2.35. The minimum Gasteiger partial charge on any atom is -0.486 e. The van der Waals surface area contributed by atoms with E-state index in [1.165, 1.54) is 0 Å². The molecular formula is C17H23ClN2O3. The largest absolute Gasteiger partial charge is 0.486 e. The van der Waals surface area contributed by atoms with Crippen molar-refractivity contribution in [3.05, 3.63) is 23.8 Å². The van der Waals surface area contributed by atoms with E-state index in [0.29, 0.717) is 30.3 Å². The third-order valence-corrected chi connectivity index (χ3v) is 5.10. The summed E-state index contributed by atoms with van der Waals surface area (Å²) in [5, 5.41) is 3.47. The van der Waals surface area contributed by atoms with E-state index in [1.807, 2.05) is 23.1 Å². The fraction of sp³-hybridized carbons (Fsp3) is 0.588. The fourth-order valence-corrected chi connectivity index (χ4v) is 3.83. The number of para-hydroxylation sites is 1. The Hall–Kier alpha value is -1.46. The van der Waals surface area contributed by atoms with Gasteiger partial charge in [0.15, 0.2) is 11.5 Å². The maximum Gasteiger partial charge on any atom is 0.257 e. The standard InChI is InChI=1S/C17H22N2O3.ClH/c20-17(14-2-1-3-15-16(14)22-9-8-21-15)19-6-4-12-10-18-11-13(12)5-7-19;/h1-3,12-13,18H,4-11H2;1H/t12-,13+;. The van der Waals surface area contributed by atoms with Gasteiger partial charge in [0.25, 0.3) is 5.91 Å². The molecule has 23 heavy (non-hydrogen) atoms. The molecule has 3 aliphatic heterocycles. The summed E-state index contributed by atoms with van der Waals surface area (Å²) in [5.74, 6) is 2.83. The van der Waals surface area contributed by atoms with Gasteiger partial charge < -0.3 is 19.7 Å². The monoisotopic (exact) mass is 338 g/mol. The van der Waals surface area contributed by atoms with Crippen LogP contribution in [0.5, 0.6) is 11.5 Å². The normalized spacial score (nSPS) is 26.0. The van der Waals surface area contributed by atoms with Crippen LogP contribution >= 0.6 is 12.4 Å². The molecular weight excluding hydrogens is 316 g/mol. The molecule has 0 unspecified atom stereocenters.